The molecule has 0 heterocycles. The normalized spacial score (nSPS) is 16.3. The number of carbonyl (C=O) groups excluding carboxylic acids is 1. The zero-order valence-corrected chi connectivity index (χ0v) is 13.3. The molecule has 112 valence electrons. The van der Waals surface area contributed by atoms with Crippen molar-refractivity contribution in [2.45, 2.75) is 53.1 Å². The van der Waals surface area contributed by atoms with E-state index >= 15 is 0 Å². The maximum absolute atomic E-state index is 12.3. The number of benzene rings is 1. The highest BCUT2D eigenvalue weighted by atomic mass is 16.2. The summed E-state index contributed by atoms with van der Waals surface area (Å²) in [6.07, 6.45) is 0.903. The SMILES string of the molecule is CC[C@H](C)[C@H](N)C(=O)NC(c1ccccc1)C(C)(C)C. The van der Waals surface area contributed by atoms with Crippen molar-refractivity contribution in [3.63, 3.8) is 0 Å². The fraction of sp³-hybridized carbons (Fsp3) is 0.588. The molecule has 0 aromatic heterocycles. The minimum Gasteiger partial charge on any atom is -0.347 e. The Hall–Kier alpha value is -1.35. The van der Waals surface area contributed by atoms with E-state index in [0.29, 0.717) is 0 Å². The van der Waals surface area contributed by atoms with Crippen LogP contribution in [0.3, 0.4) is 0 Å². The van der Waals surface area contributed by atoms with E-state index in [0.717, 1.165) is 12.0 Å². The molecule has 0 fully saturated rings. The van der Waals surface area contributed by atoms with Gasteiger partial charge in [0.15, 0.2) is 0 Å². The van der Waals surface area contributed by atoms with Gasteiger partial charge in [-0.2, -0.15) is 0 Å². The number of hydrogen-bond donors (Lipinski definition) is 2. The number of nitrogens with two attached hydrogens (primary N) is 1. The summed E-state index contributed by atoms with van der Waals surface area (Å²) in [4.78, 5) is 12.3. The van der Waals surface area contributed by atoms with Crippen LogP contribution in [0, 0.1) is 11.3 Å². The number of hydrogen-bond acceptors (Lipinski definition) is 2. The summed E-state index contributed by atoms with van der Waals surface area (Å²) >= 11 is 0. The minimum atomic E-state index is -0.450. The Labute approximate surface area is 122 Å². The largest absolute Gasteiger partial charge is 0.347 e. The predicted octanol–water partition coefficient (Wildman–Crippen LogP) is 3.26. The molecule has 3 N–H and O–H groups in total. The second kappa shape index (κ2) is 6.89. The quantitative estimate of drug-likeness (QED) is 0.867. The summed E-state index contributed by atoms with van der Waals surface area (Å²) in [5.74, 6) is 0.120. The first-order valence-electron chi connectivity index (χ1n) is 7.38. The Morgan fingerprint density at radius 3 is 2.25 bits per heavy atom. The predicted molar refractivity (Wildman–Crippen MR) is 84.2 cm³/mol. The molecule has 3 atom stereocenters. The van der Waals surface area contributed by atoms with Gasteiger partial charge in [-0.05, 0) is 16.9 Å². The lowest BCUT2D eigenvalue weighted by Gasteiger charge is -2.33. The van der Waals surface area contributed by atoms with E-state index in [9.17, 15) is 4.79 Å². The van der Waals surface area contributed by atoms with Crippen molar-refractivity contribution in [2.75, 3.05) is 0 Å². The Balaban J connectivity index is 2.90. The summed E-state index contributed by atoms with van der Waals surface area (Å²) in [5.41, 5.74) is 7.08. The molecule has 1 unspecified atom stereocenters. The van der Waals surface area contributed by atoms with Crippen LogP contribution >= 0.6 is 0 Å². The van der Waals surface area contributed by atoms with Gasteiger partial charge in [-0.3, -0.25) is 4.79 Å². The summed E-state index contributed by atoms with van der Waals surface area (Å²) in [6, 6.07) is 9.58. The third-order valence-electron chi connectivity index (χ3n) is 3.85. The smallest absolute Gasteiger partial charge is 0.237 e. The van der Waals surface area contributed by atoms with Gasteiger partial charge in [0.05, 0.1) is 12.1 Å². The lowest BCUT2D eigenvalue weighted by atomic mass is 9.82. The lowest BCUT2D eigenvalue weighted by Crippen LogP contribution is -2.48. The summed E-state index contributed by atoms with van der Waals surface area (Å²) in [6.45, 7) is 10.4. The molecule has 1 aromatic rings. The fourth-order valence-corrected chi connectivity index (χ4v) is 2.20. The summed E-state index contributed by atoms with van der Waals surface area (Å²) in [5, 5.41) is 3.12. The van der Waals surface area contributed by atoms with Crippen molar-refractivity contribution in [1.82, 2.24) is 5.32 Å². The molecule has 3 nitrogen and oxygen atoms in total. The fourth-order valence-electron chi connectivity index (χ4n) is 2.20. The van der Waals surface area contributed by atoms with Crippen LogP contribution in [0.25, 0.3) is 0 Å². The number of amides is 1. The maximum atomic E-state index is 12.3. The second-order valence-electron chi connectivity index (χ2n) is 6.63. The molecule has 0 aliphatic rings. The van der Waals surface area contributed by atoms with Gasteiger partial charge in [-0.25, -0.2) is 0 Å². The molecule has 0 saturated heterocycles. The van der Waals surface area contributed by atoms with Gasteiger partial charge in [-0.1, -0.05) is 71.4 Å². The average molecular weight is 276 g/mol. The first-order valence-corrected chi connectivity index (χ1v) is 7.38. The molecule has 0 aliphatic heterocycles. The number of rotatable bonds is 5. The van der Waals surface area contributed by atoms with E-state index in [1.165, 1.54) is 0 Å². The van der Waals surface area contributed by atoms with Gasteiger partial charge < -0.3 is 11.1 Å². The van der Waals surface area contributed by atoms with Crippen molar-refractivity contribution in [2.24, 2.45) is 17.1 Å². The molecule has 0 spiro atoms. The van der Waals surface area contributed by atoms with Crippen molar-refractivity contribution >= 4 is 5.91 Å². The van der Waals surface area contributed by atoms with Gasteiger partial charge in [0, 0.05) is 0 Å². The third kappa shape index (κ3) is 4.34. The zero-order chi connectivity index (χ0) is 15.3. The molecule has 0 radical (unpaired) electrons. The minimum absolute atomic E-state index is 0.0358. The molecule has 0 bridgehead atoms. The van der Waals surface area contributed by atoms with Crippen LogP contribution in [0.15, 0.2) is 30.3 Å². The van der Waals surface area contributed by atoms with Crippen molar-refractivity contribution in [1.29, 1.82) is 0 Å². The Kier molecular flexibility index (Phi) is 5.75. The van der Waals surface area contributed by atoms with Crippen molar-refractivity contribution < 1.29 is 4.79 Å². The standard InChI is InChI=1S/C17H28N2O/c1-6-12(2)14(18)16(20)19-15(17(3,4)5)13-10-8-7-9-11-13/h7-12,14-15H,6,18H2,1-5H3,(H,19,20)/t12-,14-,15?/m0/s1. The van der Waals surface area contributed by atoms with Crippen LogP contribution in [0.4, 0.5) is 0 Å². The van der Waals surface area contributed by atoms with Crippen LogP contribution in [0.5, 0.6) is 0 Å². The molecule has 3 heteroatoms. The molecule has 1 aromatic carbocycles. The van der Waals surface area contributed by atoms with Gasteiger partial charge in [0.1, 0.15) is 0 Å². The van der Waals surface area contributed by atoms with E-state index in [-0.39, 0.29) is 23.3 Å². The van der Waals surface area contributed by atoms with Crippen LogP contribution in [-0.4, -0.2) is 11.9 Å². The Morgan fingerprint density at radius 1 is 1.25 bits per heavy atom. The second-order valence-corrected chi connectivity index (χ2v) is 6.63. The van der Waals surface area contributed by atoms with E-state index in [1.54, 1.807) is 0 Å². The van der Waals surface area contributed by atoms with E-state index in [1.807, 2.05) is 37.3 Å². The highest BCUT2D eigenvalue weighted by Gasteiger charge is 2.30. The van der Waals surface area contributed by atoms with E-state index < -0.39 is 6.04 Å². The first kappa shape index (κ1) is 16.7. The van der Waals surface area contributed by atoms with E-state index in [4.69, 9.17) is 5.73 Å². The molecule has 0 aliphatic carbocycles. The van der Waals surface area contributed by atoms with Crippen molar-refractivity contribution in [3.8, 4) is 0 Å². The number of nitrogens with one attached hydrogen (secondary N) is 1. The van der Waals surface area contributed by atoms with Crippen LogP contribution in [-0.2, 0) is 4.79 Å². The van der Waals surface area contributed by atoms with Crippen LogP contribution in [0.1, 0.15) is 52.6 Å². The highest BCUT2D eigenvalue weighted by molar-refractivity contribution is 5.82. The van der Waals surface area contributed by atoms with Crippen LogP contribution < -0.4 is 11.1 Å². The van der Waals surface area contributed by atoms with Crippen LogP contribution in [0.2, 0.25) is 0 Å². The molecule has 1 amide bonds. The van der Waals surface area contributed by atoms with Crippen molar-refractivity contribution in [3.05, 3.63) is 35.9 Å². The first-order chi connectivity index (χ1) is 9.27. The monoisotopic (exact) mass is 276 g/mol. The average Bonchev–Trinajstić information content (AvgIpc) is 2.42. The molecular formula is C17H28N2O. The molecule has 20 heavy (non-hydrogen) atoms. The van der Waals surface area contributed by atoms with Gasteiger partial charge in [-0.15, -0.1) is 0 Å². The third-order valence-corrected chi connectivity index (χ3v) is 3.85. The zero-order valence-electron chi connectivity index (χ0n) is 13.3. The Morgan fingerprint density at radius 2 is 1.80 bits per heavy atom. The van der Waals surface area contributed by atoms with Gasteiger partial charge >= 0.3 is 0 Å². The Bertz CT molecular complexity index is 422. The van der Waals surface area contributed by atoms with Gasteiger partial charge in [0.2, 0.25) is 5.91 Å². The van der Waals surface area contributed by atoms with E-state index in [2.05, 4.69) is 33.0 Å². The lowest BCUT2D eigenvalue weighted by molar-refractivity contribution is -0.125. The van der Waals surface area contributed by atoms with Gasteiger partial charge in [0.25, 0.3) is 0 Å². The summed E-state index contributed by atoms with van der Waals surface area (Å²) in [7, 11) is 0. The maximum Gasteiger partial charge on any atom is 0.237 e. The molecule has 0 saturated carbocycles. The molecule has 1 rings (SSSR count). The molecular weight excluding hydrogens is 248 g/mol. The summed E-state index contributed by atoms with van der Waals surface area (Å²) < 4.78 is 0. The topological polar surface area (TPSA) is 55.1 Å². The number of carbonyl (C=O) groups is 1. The highest BCUT2D eigenvalue weighted by Crippen LogP contribution is 2.32.